The minimum Gasteiger partial charge on any atom is -0.391 e. The molecular formula is C25H40N2O2. The Balaban J connectivity index is 1.36. The molecule has 0 amide bonds. The monoisotopic (exact) mass is 400 g/mol. The summed E-state index contributed by atoms with van der Waals surface area (Å²) in [5.74, 6) is 4.13. The van der Waals surface area contributed by atoms with Crippen molar-refractivity contribution in [3.05, 3.63) is 0 Å². The summed E-state index contributed by atoms with van der Waals surface area (Å²) < 4.78 is 0. The largest absolute Gasteiger partial charge is 0.391 e. The van der Waals surface area contributed by atoms with E-state index in [9.17, 15) is 4.79 Å². The molecule has 5 aliphatic rings. The van der Waals surface area contributed by atoms with Gasteiger partial charge in [0, 0.05) is 30.7 Å². The number of ketones is 1. The van der Waals surface area contributed by atoms with Crippen molar-refractivity contribution in [2.24, 2.45) is 45.6 Å². The Labute approximate surface area is 176 Å². The molecule has 5 fully saturated rings. The number of hydrogen-bond acceptors (Lipinski definition) is 4. The predicted octanol–water partition coefficient (Wildman–Crippen LogP) is 4.97. The van der Waals surface area contributed by atoms with Crippen LogP contribution >= 0.6 is 0 Å². The van der Waals surface area contributed by atoms with Crippen molar-refractivity contribution in [1.82, 2.24) is 5.32 Å². The van der Waals surface area contributed by atoms with E-state index in [0.717, 1.165) is 62.9 Å². The van der Waals surface area contributed by atoms with Crippen LogP contribution in [-0.2, 0) is 9.63 Å². The Morgan fingerprint density at radius 1 is 1.03 bits per heavy atom. The van der Waals surface area contributed by atoms with Crippen molar-refractivity contribution < 1.29 is 9.63 Å². The molecule has 0 bridgehead atoms. The van der Waals surface area contributed by atoms with Crippen LogP contribution in [0.4, 0.5) is 0 Å². The molecule has 1 aliphatic heterocycles. The van der Waals surface area contributed by atoms with Gasteiger partial charge < -0.3 is 10.2 Å². The number of nitrogens with one attached hydrogen (secondary N) is 1. The number of Topliss-reactive ketones (excluding diaryl/α,β-unsaturated/α-hetero) is 1. The van der Waals surface area contributed by atoms with E-state index in [1.165, 1.54) is 37.8 Å². The van der Waals surface area contributed by atoms with Gasteiger partial charge in [-0.1, -0.05) is 25.9 Å². The van der Waals surface area contributed by atoms with Crippen LogP contribution < -0.4 is 5.32 Å². The Bertz CT molecular complexity index is 684. The predicted molar refractivity (Wildman–Crippen MR) is 116 cm³/mol. The fourth-order valence-corrected chi connectivity index (χ4v) is 8.60. The van der Waals surface area contributed by atoms with Crippen LogP contribution in [0.1, 0.15) is 85.0 Å². The lowest BCUT2D eigenvalue weighted by Gasteiger charge is -2.61. The Morgan fingerprint density at radius 3 is 2.66 bits per heavy atom. The number of rotatable bonds is 3. The normalized spacial score (nSPS) is 50.9. The first-order valence-corrected chi connectivity index (χ1v) is 12.4. The van der Waals surface area contributed by atoms with Gasteiger partial charge in [0.2, 0.25) is 0 Å². The van der Waals surface area contributed by atoms with Gasteiger partial charge in [-0.3, -0.25) is 4.79 Å². The van der Waals surface area contributed by atoms with Gasteiger partial charge in [0.15, 0.2) is 0 Å². The molecule has 0 radical (unpaired) electrons. The van der Waals surface area contributed by atoms with Gasteiger partial charge in [-0.15, -0.1) is 0 Å². The molecule has 1 heterocycles. The highest BCUT2D eigenvalue weighted by Crippen LogP contribution is 2.66. The Hall–Kier alpha value is -0.900. The summed E-state index contributed by atoms with van der Waals surface area (Å²) in [7, 11) is 0. The van der Waals surface area contributed by atoms with Crippen molar-refractivity contribution in [1.29, 1.82) is 0 Å². The summed E-state index contributed by atoms with van der Waals surface area (Å²) in [6.07, 6.45) is 11.9. The molecule has 1 unspecified atom stereocenters. The number of carbonyl (C=O) groups is 1. The molecule has 0 aromatic rings. The van der Waals surface area contributed by atoms with Crippen LogP contribution in [0.3, 0.4) is 0 Å². The summed E-state index contributed by atoms with van der Waals surface area (Å²) >= 11 is 0. The molecule has 5 rings (SSSR count). The first-order valence-electron chi connectivity index (χ1n) is 12.4. The Kier molecular flexibility index (Phi) is 5.08. The molecule has 8 atom stereocenters. The van der Waals surface area contributed by atoms with E-state index in [0.29, 0.717) is 23.0 Å². The van der Waals surface area contributed by atoms with E-state index in [-0.39, 0.29) is 11.5 Å². The SMILES string of the molecule is CC[C@H]1/C(=N/O[C@@H]2CCNC2)CC[C@@]2(C)C1CC[C@@H]1[C@@H]2CC[C@]2(C)C(=O)CC[C@@H]12. The lowest BCUT2D eigenvalue weighted by Crippen LogP contribution is -2.56. The van der Waals surface area contributed by atoms with Crippen molar-refractivity contribution in [3.8, 4) is 0 Å². The maximum absolute atomic E-state index is 12.7. The van der Waals surface area contributed by atoms with Crippen LogP contribution in [0.2, 0.25) is 0 Å². The van der Waals surface area contributed by atoms with Gasteiger partial charge in [-0.05, 0) is 87.0 Å². The van der Waals surface area contributed by atoms with Crippen LogP contribution in [0.5, 0.6) is 0 Å². The maximum atomic E-state index is 12.7. The quantitative estimate of drug-likeness (QED) is 0.681. The number of carbonyl (C=O) groups excluding carboxylic acids is 1. The molecule has 4 aliphatic carbocycles. The van der Waals surface area contributed by atoms with E-state index >= 15 is 0 Å². The smallest absolute Gasteiger partial charge is 0.141 e. The third kappa shape index (κ3) is 3.03. The lowest BCUT2D eigenvalue weighted by atomic mass is 9.43. The number of nitrogens with zero attached hydrogens (tertiary/aromatic N) is 1. The fraction of sp³-hybridized carbons (Fsp3) is 0.920. The van der Waals surface area contributed by atoms with E-state index in [2.05, 4.69) is 26.1 Å². The lowest BCUT2D eigenvalue weighted by molar-refractivity contribution is -0.138. The summed E-state index contributed by atoms with van der Waals surface area (Å²) in [6, 6.07) is 0. The first kappa shape index (κ1) is 20.0. The topological polar surface area (TPSA) is 50.7 Å². The zero-order valence-electron chi connectivity index (χ0n) is 18.7. The van der Waals surface area contributed by atoms with E-state index in [4.69, 9.17) is 9.99 Å². The highest BCUT2D eigenvalue weighted by atomic mass is 16.6. The molecule has 4 saturated carbocycles. The highest BCUT2D eigenvalue weighted by molar-refractivity contribution is 5.88. The zero-order chi connectivity index (χ0) is 20.2. The summed E-state index contributed by atoms with van der Waals surface area (Å²) in [4.78, 5) is 18.6. The average molecular weight is 401 g/mol. The van der Waals surface area contributed by atoms with E-state index in [1.54, 1.807) is 0 Å². The van der Waals surface area contributed by atoms with Gasteiger partial charge in [0.25, 0.3) is 0 Å². The third-order valence-electron chi connectivity index (χ3n) is 10.3. The summed E-state index contributed by atoms with van der Waals surface area (Å²) in [5.41, 5.74) is 1.76. The van der Waals surface area contributed by atoms with E-state index < -0.39 is 0 Å². The zero-order valence-corrected chi connectivity index (χ0v) is 18.7. The molecule has 29 heavy (non-hydrogen) atoms. The standard InChI is InChI=1S/C25H40N2O2/c1-4-17-19-6-5-18-20-7-8-23(28)25(20,3)12-9-21(18)24(19,2)13-10-22(17)27-29-16-11-14-26-15-16/h16-21,26H,4-15H2,1-3H3/b27-22+/t16-,17-,18+,19?,20+,21+,24+,25+/m1/s1. The molecule has 0 spiro atoms. The van der Waals surface area contributed by atoms with Gasteiger partial charge in [-0.25, -0.2) is 0 Å². The van der Waals surface area contributed by atoms with Crippen molar-refractivity contribution in [2.45, 2.75) is 91.1 Å². The average Bonchev–Trinajstić information content (AvgIpc) is 3.34. The first-order chi connectivity index (χ1) is 14.0. The molecule has 162 valence electrons. The molecular weight excluding hydrogens is 360 g/mol. The van der Waals surface area contributed by atoms with Crippen molar-refractivity contribution in [2.75, 3.05) is 13.1 Å². The number of fused-ring (bicyclic) bond motifs is 5. The van der Waals surface area contributed by atoms with E-state index in [1.807, 2.05) is 0 Å². The highest BCUT2D eigenvalue weighted by Gasteiger charge is 2.61. The fourth-order valence-electron chi connectivity index (χ4n) is 8.60. The minimum absolute atomic E-state index is 0.00103. The summed E-state index contributed by atoms with van der Waals surface area (Å²) in [5, 5.41) is 8.12. The van der Waals surface area contributed by atoms with Gasteiger partial charge >= 0.3 is 0 Å². The maximum Gasteiger partial charge on any atom is 0.141 e. The van der Waals surface area contributed by atoms with Gasteiger partial charge in [0.05, 0.1) is 5.71 Å². The molecule has 4 heteroatoms. The second-order valence-corrected chi connectivity index (χ2v) is 11.3. The van der Waals surface area contributed by atoms with Crippen LogP contribution in [0, 0.1) is 40.4 Å². The van der Waals surface area contributed by atoms with Crippen LogP contribution in [0.15, 0.2) is 5.16 Å². The molecule has 4 nitrogen and oxygen atoms in total. The van der Waals surface area contributed by atoms with Crippen molar-refractivity contribution >= 4 is 11.5 Å². The summed E-state index contributed by atoms with van der Waals surface area (Å²) in [6.45, 7) is 9.25. The van der Waals surface area contributed by atoms with Gasteiger partial charge in [-0.2, -0.15) is 0 Å². The molecule has 0 aromatic carbocycles. The van der Waals surface area contributed by atoms with Gasteiger partial charge in [0.1, 0.15) is 11.9 Å². The molecule has 1 saturated heterocycles. The number of hydrogen-bond donors (Lipinski definition) is 1. The van der Waals surface area contributed by atoms with Crippen molar-refractivity contribution in [3.63, 3.8) is 0 Å². The minimum atomic E-state index is -0.00103. The Morgan fingerprint density at radius 2 is 1.90 bits per heavy atom. The molecule has 1 N–H and O–H groups in total. The number of oxime groups is 1. The third-order valence-corrected chi connectivity index (χ3v) is 10.3. The second kappa shape index (κ2) is 7.35. The second-order valence-electron chi connectivity index (χ2n) is 11.3. The van der Waals surface area contributed by atoms with Crippen LogP contribution in [-0.4, -0.2) is 30.7 Å². The van der Waals surface area contributed by atoms with Crippen LogP contribution in [0.25, 0.3) is 0 Å². The molecule has 0 aromatic heterocycles.